The van der Waals surface area contributed by atoms with Crippen LogP contribution >= 0.6 is 12.6 Å². The lowest BCUT2D eigenvalue weighted by atomic mass is 10.0. The Labute approximate surface area is 184 Å². The van der Waals surface area contributed by atoms with Crippen LogP contribution in [-0.2, 0) is 20.8 Å². The van der Waals surface area contributed by atoms with Gasteiger partial charge in [-0.2, -0.15) is 12.6 Å². The Morgan fingerprint density at radius 1 is 1.06 bits per heavy atom. The first kappa shape index (κ1) is 22.5. The number of hydrogen-bond donors (Lipinski definition) is 5. The molecular formula is C22H24N2O6S. The van der Waals surface area contributed by atoms with Crippen LogP contribution in [0.25, 0.3) is 0 Å². The Balaban J connectivity index is 1.66. The molecule has 2 aromatic rings. The normalized spacial score (nSPS) is 19.1. The van der Waals surface area contributed by atoms with Gasteiger partial charge in [0.25, 0.3) is 0 Å². The number of likely N-dealkylation sites (tertiary alicyclic amines) is 1. The van der Waals surface area contributed by atoms with E-state index >= 15 is 0 Å². The van der Waals surface area contributed by atoms with Crippen LogP contribution in [0.15, 0.2) is 48.5 Å². The Hall–Kier alpha value is -3.20. The van der Waals surface area contributed by atoms with Gasteiger partial charge in [0.1, 0.15) is 17.5 Å². The number of aliphatic carboxylic acids is 1. The summed E-state index contributed by atoms with van der Waals surface area (Å²) in [5, 5.41) is 30.6. The van der Waals surface area contributed by atoms with Crippen molar-refractivity contribution in [2.75, 3.05) is 6.54 Å². The lowest BCUT2D eigenvalue weighted by molar-refractivity contribution is -0.149. The van der Waals surface area contributed by atoms with E-state index in [2.05, 4.69) is 17.9 Å². The molecule has 8 nitrogen and oxygen atoms in total. The number of phenolic OH excluding ortho intramolecular Hbond substituents is 2. The summed E-state index contributed by atoms with van der Waals surface area (Å²) < 4.78 is 0. The van der Waals surface area contributed by atoms with Crippen molar-refractivity contribution >= 4 is 30.4 Å². The van der Waals surface area contributed by atoms with E-state index in [9.17, 15) is 29.7 Å². The predicted octanol–water partition coefficient (Wildman–Crippen LogP) is 1.87. The average Bonchev–Trinajstić information content (AvgIpc) is 3.17. The zero-order valence-electron chi connectivity index (χ0n) is 16.6. The van der Waals surface area contributed by atoms with Crippen molar-refractivity contribution in [3.8, 4) is 11.5 Å². The molecule has 3 rings (SSSR count). The second kappa shape index (κ2) is 9.74. The largest absolute Gasteiger partial charge is 0.508 e. The number of aromatic hydroxyl groups is 2. The van der Waals surface area contributed by atoms with Gasteiger partial charge in [-0.15, -0.1) is 0 Å². The third kappa shape index (κ3) is 5.49. The smallest absolute Gasteiger partial charge is 0.326 e. The van der Waals surface area contributed by atoms with Crippen LogP contribution in [0.1, 0.15) is 30.0 Å². The maximum Gasteiger partial charge on any atom is 0.326 e. The number of nitrogens with zero attached hydrogens (tertiary/aromatic N) is 1. The number of carboxylic acid groups (broad SMARTS) is 1. The van der Waals surface area contributed by atoms with E-state index in [0.717, 1.165) is 5.56 Å². The zero-order chi connectivity index (χ0) is 22.5. The number of amides is 2. The number of hydrogen-bond acceptors (Lipinski definition) is 6. The molecule has 4 N–H and O–H groups in total. The number of phenols is 2. The van der Waals surface area contributed by atoms with Crippen LogP contribution in [0.4, 0.5) is 0 Å². The highest BCUT2D eigenvalue weighted by Crippen LogP contribution is 2.37. The van der Waals surface area contributed by atoms with E-state index < -0.39 is 35.1 Å². The molecule has 0 bridgehead atoms. The van der Waals surface area contributed by atoms with Gasteiger partial charge in [-0.25, -0.2) is 4.79 Å². The summed E-state index contributed by atoms with van der Waals surface area (Å²) in [5.74, 6) is -2.00. The minimum atomic E-state index is -1.11. The standard InChI is InChI=1S/C22H24N2O6S/c25-15-5-1-3-13(9-15)10-19(31)21(28)23-12-20(27)24-17(7-8-18(24)22(29)30)14-4-2-6-16(26)11-14/h1-6,9,11,17-19,25-26,31H,7-8,10,12H2,(H,23,28)(H,29,30)/t17-,18+,19+/m1/s1. The lowest BCUT2D eigenvalue weighted by Gasteiger charge is -2.29. The Bertz CT molecular complexity index is 982. The summed E-state index contributed by atoms with van der Waals surface area (Å²) >= 11 is 4.28. The number of carboxylic acids is 1. The van der Waals surface area contributed by atoms with Gasteiger partial charge in [0.15, 0.2) is 0 Å². The van der Waals surface area contributed by atoms with Crippen LogP contribution in [0.3, 0.4) is 0 Å². The molecular weight excluding hydrogens is 420 g/mol. The Morgan fingerprint density at radius 2 is 1.74 bits per heavy atom. The van der Waals surface area contributed by atoms with Crippen LogP contribution in [0, 0.1) is 0 Å². The highest BCUT2D eigenvalue weighted by atomic mass is 32.1. The number of benzene rings is 2. The van der Waals surface area contributed by atoms with Crippen LogP contribution in [0.2, 0.25) is 0 Å². The molecule has 1 heterocycles. The molecule has 1 saturated heterocycles. The maximum absolute atomic E-state index is 12.9. The number of carbonyl (C=O) groups is 3. The van der Waals surface area contributed by atoms with Gasteiger partial charge >= 0.3 is 5.97 Å². The molecule has 0 unspecified atom stereocenters. The molecule has 31 heavy (non-hydrogen) atoms. The summed E-state index contributed by atoms with van der Waals surface area (Å²) in [4.78, 5) is 38.2. The SMILES string of the molecule is O=C(NCC(=O)N1[C@@H](c2cccc(O)c2)CC[C@H]1C(=O)O)[C@@H](S)Cc1cccc(O)c1. The van der Waals surface area contributed by atoms with Crippen molar-refractivity contribution in [2.45, 2.75) is 36.6 Å². The van der Waals surface area contributed by atoms with Gasteiger partial charge in [0, 0.05) is 0 Å². The number of rotatable bonds is 7. The van der Waals surface area contributed by atoms with Crippen molar-refractivity contribution in [3.63, 3.8) is 0 Å². The summed E-state index contributed by atoms with van der Waals surface area (Å²) in [7, 11) is 0. The predicted molar refractivity (Wildman–Crippen MR) is 116 cm³/mol. The molecule has 0 spiro atoms. The molecule has 1 fully saturated rings. The van der Waals surface area contributed by atoms with Crippen molar-refractivity contribution in [1.29, 1.82) is 0 Å². The molecule has 164 valence electrons. The quantitative estimate of drug-likeness (QED) is 0.415. The summed E-state index contributed by atoms with van der Waals surface area (Å²) in [5.41, 5.74) is 1.36. The molecule has 1 aliphatic heterocycles. The van der Waals surface area contributed by atoms with Crippen molar-refractivity contribution in [2.24, 2.45) is 0 Å². The molecule has 0 aromatic heterocycles. The lowest BCUT2D eigenvalue weighted by Crippen LogP contribution is -2.47. The first-order chi connectivity index (χ1) is 14.8. The third-order valence-electron chi connectivity index (χ3n) is 5.27. The fourth-order valence-corrected chi connectivity index (χ4v) is 4.13. The first-order valence-electron chi connectivity index (χ1n) is 9.83. The Morgan fingerprint density at radius 3 is 2.39 bits per heavy atom. The van der Waals surface area contributed by atoms with Crippen LogP contribution in [0.5, 0.6) is 11.5 Å². The monoisotopic (exact) mass is 444 g/mol. The Kier molecular flexibility index (Phi) is 7.06. The molecule has 0 radical (unpaired) electrons. The highest BCUT2D eigenvalue weighted by molar-refractivity contribution is 7.81. The minimum Gasteiger partial charge on any atom is -0.508 e. The van der Waals surface area contributed by atoms with E-state index in [4.69, 9.17) is 0 Å². The number of nitrogens with one attached hydrogen (secondary N) is 1. The van der Waals surface area contributed by atoms with Crippen molar-refractivity contribution in [3.05, 3.63) is 59.7 Å². The van der Waals surface area contributed by atoms with Gasteiger partial charge in [-0.3, -0.25) is 9.59 Å². The maximum atomic E-state index is 12.9. The minimum absolute atomic E-state index is 0.0295. The molecule has 3 atom stereocenters. The van der Waals surface area contributed by atoms with Gasteiger partial charge in [0.2, 0.25) is 11.8 Å². The molecule has 0 aliphatic carbocycles. The molecule has 2 aromatic carbocycles. The van der Waals surface area contributed by atoms with Crippen LogP contribution in [-0.4, -0.2) is 55.8 Å². The second-order valence-corrected chi connectivity index (χ2v) is 8.07. The van der Waals surface area contributed by atoms with Gasteiger partial charge < -0.3 is 25.5 Å². The van der Waals surface area contributed by atoms with E-state index in [1.54, 1.807) is 24.3 Å². The number of thiol groups is 1. The van der Waals surface area contributed by atoms with E-state index in [-0.39, 0.29) is 30.9 Å². The third-order valence-corrected chi connectivity index (χ3v) is 5.69. The molecule has 2 amide bonds. The van der Waals surface area contributed by atoms with E-state index in [0.29, 0.717) is 12.0 Å². The van der Waals surface area contributed by atoms with Crippen molar-refractivity contribution < 1.29 is 29.7 Å². The second-order valence-electron chi connectivity index (χ2n) is 7.45. The van der Waals surface area contributed by atoms with Gasteiger partial charge in [-0.05, 0) is 54.7 Å². The molecule has 9 heteroatoms. The molecule has 1 aliphatic rings. The van der Waals surface area contributed by atoms with E-state index in [1.807, 2.05) is 0 Å². The summed E-state index contributed by atoms with van der Waals surface area (Å²) in [6.07, 6.45) is 0.972. The van der Waals surface area contributed by atoms with Crippen LogP contribution < -0.4 is 5.32 Å². The highest BCUT2D eigenvalue weighted by Gasteiger charge is 2.41. The van der Waals surface area contributed by atoms with Crippen molar-refractivity contribution in [1.82, 2.24) is 10.2 Å². The molecule has 0 saturated carbocycles. The summed E-state index contributed by atoms with van der Waals surface area (Å²) in [6, 6.07) is 11.3. The fraction of sp³-hybridized carbons (Fsp3) is 0.318. The average molecular weight is 445 g/mol. The topological polar surface area (TPSA) is 127 Å². The first-order valence-corrected chi connectivity index (χ1v) is 10.3. The number of carbonyl (C=O) groups excluding carboxylic acids is 2. The summed E-state index contributed by atoms with van der Waals surface area (Å²) in [6.45, 7) is -0.366. The fourth-order valence-electron chi connectivity index (χ4n) is 3.83. The van der Waals surface area contributed by atoms with E-state index in [1.165, 1.54) is 29.2 Å². The van der Waals surface area contributed by atoms with Gasteiger partial charge in [-0.1, -0.05) is 24.3 Å². The zero-order valence-corrected chi connectivity index (χ0v) is 17.5. The van der Waals surface area contributed by atoms with Gasteiger partial charge in [0.05, 0.1) is 17.8 Å².